The number of likely N-dealkylation sites (tertiary alicyclic amines) is 1. The number of fused-ring (bicyclic) bond motifs is 1. The van der Waals surface area contributed by atoms with Crippen LogP contribution in [-0.4, -0.2) is 55.8 Å². The summed E-state index contributed by atoms with van der Waals surface area (Å²) in [6.07, 6.45) is 5.28. The summed E-state index contributed by atoms with van der Waals surface area (Å²) in [6.45, 7) is 3.24. The summed E-state index contributed by atoms with van der Waals surface area (Å²) in [5, 5.41) is 4.92. The molecular weight excluding hydrogens is 436 g/mol. The first kappa shape index (κ1) is 21.3. The van der Waals surface area contributed by atoms with Gasteiger partial charge in [-0.25, -0.2) is 9.50 Å². The summed E-state index contributed by atoms with van der Waals surface area (Å²) in [5.41, 5.74) is 3.20. The lowest BCUT2D eigenvalue weighted by atomic mass is 9.89. The number of hydrogen-bond acceptors (Lipinski definition) is 6. The molecule has 0 saturated carbocycles. The summed E-state index contributed by atoms with van der Waals surface area (Å²) in [6, 6.07) is 13.5. The molecule has 0 N–H and O–H groups in total. The molecule has 4 heterocycles. The SMILES string of the molecule is Cc1nsc(N(C)C(=O)c2cnn3ccc(C4CCN(C(=O)c5ccccc5)CC4)cc23)n1. The number of piperidine rings is 1. The molecule has 1 aliphatic heterocycles. The molecule has 1 saturated heterocycles. The van der Waals surface area contributed by atoms with E-state index in [0.29, 0.717) is 35.5 Å². The Kier molecular flexibility index (Phi) is 5.63. The van der Waals surface area contributed by atoms with Crippen molar-refractivity contribution < 1.29 is 9.59 Å². The van der Waals surface area contributed by atoms with Crippen molar-refractivity contribution in [2.24, 2.45) is 0 Å². The van der Waals surface area contributed by atoms with Crippen molar-refractivity contribution in [3.8, 4) is 0 Å². The molecule has 5 rings (SSSR count). The highest BCUT2D eigenvalue weighted by molar-refractivity contribution is 7.09. The highest BCUT2D eigenvalue weighted by Gasteiger charge is 2.26. The Hall–Kier alpha value is -3.59. The van der Waals surface area contributed by atoms with Crippen LogP contribution in [0.1, 0.15) is 50.9 Å². The van der Waals surface area contributed by atoms with Crippen LogP contribution in [0.25, 0.3) is 5.52 Å². The van der Waals surface area contributed by atoms with Gasteiger partial charge in [0.05, 0.1) is 17.3 Å². The zero-order chi connectivity index (χ0) is 22.9. The summed E-state index contributed by atoms with van der Waals surface area (Å²) < 4.78 is 5.89. The number of rotatable bonds is 4. The predicted octanol–water partition coefficient (Wildman–Crippen LogP) is 3.79. The van der Waals surface area contributed by atoms with E-state index in [1.807, 2.05) is 41.4 Å². The van der Waals surface area contributed by atoms with Gasteiger partial charge in [-0.2, -0.15) is 9.47 Å². The third kappa shape index (κ3) is 4.11. The molecule has 0 atom stereocenters. The Bertz CT molecular complexity index is 1310. The van der Waals surface area contributed by atoms with Gasteiger partial charge in [-0.15, -0.1) is 0 Å². The third-order valence-electron chi connectivity index (χ3n) is 6.16. The second kappa shape index (κ2) is 8.74. The number of carbonyl (C=O) groups excluding carboxylic acids is 2. The number of aryl methyl sites for hydroxylation is 1. The maximum Gasteiger partial charge on any atom is 0.263 e. The normalized spacial score (nSPS) is 14.5. The first-order valence-electron chi connectivity index (χ1n) is 10.9. The fourth-order valence-electron chi connectivity index (χ4n) is 4.28. The van der Waals surface area contributed by atoms with Gasteiger partial charge in [0.1, 0.15) is 5.82 Å². The van der Waals surface area contributed by atoms with E-state index in [0.717, 1.165) is 23.9 Å². The van der Waals surface area contributed by atoms with Crippen molar-refractivity contribution in [2.75, 3.05) is 25.0 Å². The molecule has 8 nitrogen and oxygen atoms in total. The minimum absolute atomic E-state index is 0.0862. The van der Waals surface area contributed by atoms with Gasteiger partial charge in [0.15, 0.2) is 0 Å². The van der Waals surface area contributed by atoms with E-state index in [-0.39, 0.29) is 11.8 Å². The number of amides is 2. The highest BCUT2D eigenvalue weighted by Crippen LogP contribution is 2.30. The van der Waals surface area contributed by atoms with E-state index >= 15 is 0 Å². The molecule has 1 aromatic carbocycles. The Morgan fingerprint density at radius 3 is 2.58 bits per heavy atom. The van der Waals surface area contributed by atoms with Crippen molar-refractivity contribution in [2.45, 2.75) is 25.7 Å². The third-order valence-corrected chi connectivity index (χ3v) is 7.04. The minimum Gasteiger partial charge on any atom is -0.339 e. The van der Waals surface area contributed by atoms with Crippen molar-refractivity contribution in [1.29, 1.82) is 0 Å². The smallest absolute Gasteiger partial charge is 0.263 e. The van der Waals surface area contributed by atoms with Crippen LogP contribution in [-0.2, 0) is 0 Å². The Morgan fingerprint density at radius 1 is 1.12 bits per heavy atom. The fourth-order valence-corrected chi connectivity index (χ4v) is 4.92. The second-order valence-corrected chi connectivity index (χ2v) is 9.00. The van der Waals surface area contributed by atoms with Gasteiger partial charge >= 0.3 is 0 Å². The van der Waals surface area contributed by atoms with Gasteiger partial charge in [0.25, 0.3) is 11.8 Å². The van der Waals surface area contributed by atoms with E-state index in [1.54, 1.807) is 24.7 Å². The molecule has 1 aliphatic rings. The van der Waals surface area contributed by atoms with Crippen LogP contribution in [0.15, 0.2) is 54.9 Å². The van der Waals surface area contributed by atoms with Crippen LogP contribution >= 0.6 is 11.5 Å². The number of pyridine rings is 1. The highest BCUT2D eigenvalue weighted by atomic mass is 32.1. The van der Waals surface area contributed by atoms with Gasteiger partial charge in [-0.05, 0) is 55.5 Å². The zero-order valence-corrected chi connectivity index (χ0v) is 19.3. The van der Waals surface area contributed by atoms with E-state index in [9.17, 15) is 9.59 Å². The molecule has 0 spiro atoms. The Morgan fingerprint density at radius 2 is 1.88 bits per heavy atom. The average molecular weight is 461 g/mol. The number of aromatic nitrogens is 4. The lowest BCUT2D eigenvalue weighted by Gasteiger charge is -2.32. The standard InChI is InChI=1S/C24H24N6O2S/c1-16-26-24(33-27-16)28(2)23(32)20-15-25-30-13-10-19(14-21(20)30)17-8-11-29(12-9-17)22(31)18-6-4-3-5-7-18/h3-7,10,13-15,17H,8-9,11-12H2,1-2H3. The second-order valence-electron chi connectivity index (χ2n) is 8.27. The van der Waals surface area contributed by atoms with Crippen LogP contribution in [0.3, 0.4) is 0 Å². The quantitative estimate of drug-likeness (QED) is 0.463. The Labute approximate surface area is 195 Å². The van der Waals surface area contributed by atoms with Gasteiger partial charge in [0.2, 0.25) is 5.13 Å². The zero-order valence-electron chi connectivity index (χ0n) is 18.5. The van der Waals surface area contributed by atoms with Crippen LogP contribution in [0.5, 0.6) is 0 Å². The molecule has 1 fully saturated rings. The van der Waals surface area contributed by atoms with Crippen molar-refractivity contribution in [1.82, 2.24) is 23.9 Å². The maximum absolute atomic E-state index is 13.1. The van der Waals surface area contributed by atoms with Crippen molar-refractivity contribution >= 4 is 34.0 Å². The van der Waals surface area contributed by atoms with Crippen LogP contribution in [0.4, 0.5) is 5.13 Å². The molecule has 0 bridgehead atoms. The molecule has 0 unspecified atom stereocenters. The van der Waals surface area contributed by atoms with Gasteiger partial charge < -0.3 is 4.90 Å². The minimum atomic E-state index is -0.165. The molecule has 0 radical (unpaired) electrons. The molecule has 168 valence electrons. The molecular formula is C24H24N6O2S. The van der Waals surface area contributed by atoms with Crippen LogP contribution in [0, 0.1) is 6.92 Å². The summed E-state index contributed by atoms with van der Waals surface area (Å²) >= 11 is 1.20. The molecule has 0 aliphatic carbocycles. The molecule has 33 heavy (non-hydrogen) atoms. The summed E-state index contributed by atoms with van der Waals surface area (Å²) in [7, 11) is 1.70. The summed E-state index contributed by atoms with van der Waals surface area (Å²) in [4.78, 5) is 33.6. The number of benzene rings is 1. The van der Waals surface area contributed by atoms with Gasteiger partial charge in [-0.3, -0.25) is 14.5 Å². The lowest BCUT2D eigenvalue weighted by Crippen LogP contribution is -2.37. The Balaban J connectivity index is 1.33. The molecule has 9 heteroatoms. The molecule has 3 aromatic heterocycles. The average Bonchev–Trinajstić information content (AvgIpc) is 3.49. The van der Waals surface area contributed by atoms with Gasteiger partial charge in [-0.1, -0.05) is 18.2 Å². The first-order chi connectivity index (χ1) is 16.0. The van der Waals surface area contributed by atoms with Crippen molar-refractivity contribution in [3.05, 3.63) is 77.4 Å². The van der Waals surface area contributed by atoms with E-state index in [2.05, 4.69) is 26.6 Å². The van der Waals surface area contributed by atoms with E-state index < -0.39 is 0 Å². The predicted molar refractivity (Wildman–Crippen MR) is 127 cm³/mol. The number of nitrogens with zero attached hydrogens (tertiary/aromatic N) is 6. The number of carbonyl (C=O) groups is 2. The lowest BCUT2D eigenvalue weighted by molar-refractivity contribution is 0.0712. The van der Waals surface area contributed by atoms with E-state index in [4.69, 9.17) is 0 Å². The van der Waals surface area contributed by atoms with Crippen LogP contribution < -0.4 is 4.90 Å². The first-order valence-corrected chi connectivity index (χ1v) is 11.7. The molecule has 4 aromatic rings. The summed E-state index contributed by atoms with van der Waals surface area (Å²) in [5.74, 6) is 0.898. The van der Waals surface area contributed by atoms with Gasteiger partial charge in [0, 0.05) is 43.4 Å². The van der Waals surface area contributed by atoms with Crippen molar-refractivity contribution in [3.63, 3.8) is 0 Å². The maximum atomic E-state index is 13.1. The number of anilines is 1. The van der Waals surface area contributed by atoms with Crippen LogP contribution in [0.2, 0.25) is 0 Å². The number of hydrogen-bond donors (Lipinski definition) is 0. The molecule has 2 amide bonds. The topological polar surface area (TPSA) is 83.7 Å². The monoisotopic (exact) mass is 460 g/mol. The largest absolute Gasteiger partial charge is 0.339 e. The fraction of sp³-hybridized carbons (Fsp3) is 0.292. The van der Waals surface area contributed by atoms with E-state index in [1.165, 1.54) is 22.0 Å².